The summed E-state index contributed by atoms with van der Waals surface area (Å²) in [5.74, 6) is 0. The normalized spacial score (nSPS) is 12.6. The van der Waals surface area contributed by atoms with E-state index in [4.69, 9.17) is 5.73 Å². The molecule has 6 heteroatoms. The van der Waals surface area contributed by atoms with E-state index in [1.165, 1.54) is 6.07 Å². The van der Waals surface area contributed by atoms with Crippen LogP contribution in [0.1, 0.15) is 33.3 Å². The van der Waals surface area contributed by atoms with Gasteiger partial charge in [0.25, 0.3) is 0 Å². The molecule has 0 unspecified atom stereocenters. The van der Waals surface area contributed by atoms with Crippen molar-refractivity contribution in [3.8, 4) is 0 Å². The molecule has 1 aromatic rings. The molecule has 0 aliphatic carbocycles. The summed E-state index contributed by atoms with van der Waals surface area (Å²) >= 11 is 0. The Morgan fingerprint density at radius 3 is 2.19 bits per heavy atom. The molecule has 0 radical (unpaired) electrons. The fourth-order valence-electron chi connectivity index (χ4n) is 2.44. The van der Waals surface area contributed by atoms with Crippen molar-refractivity contribution in [3.05, 3.63) is 23.8 Å². The van der Waals surface area contributed by atoms with Gasteiger partial charge < -0.3 is 5.73 Å². The number of nitrogens with one attached hydrogen (secondary N) is 1. The van der Waals surface area contributed by atoms with E-state index in [1.807, 2.05) is 6.92 Å². The average molecular weight is 313 g/mol. The maximum Gasteiger partial charge on any atom is 0.240 e. The Hall–Kier alpha value is -1.11. The van der Waals surface area contributed by atoms with Gasteiger partial charge in [-0.15, -0.1) is 0 Å². The van der Waals surface area contributed by atoms with Gasteiger partial charge >= 0.3 is 0 Å². The van der Waals surface area contributed by atoms with Crippen molar-refractivity contribution in [2.24, 2.45) is 0 Å². The number of nitrogens with two attached hydrogens (primary N) is 1. The van der Waals surface area contributed by atoms with Crippen molar-refractivity contribution >= 4 is 15.7 Å². The third kappa shape index (κ3) is 5.30. The van der Waals surface area contributed by atoms with Crippen LogP contribution >= 0.6 is 0 Å². The number of hydrogen-bond donors (Lipinski definition) is 2. The SMILES string of the molecule is Cc1cc(N)cc(S(=O)(=O)NCCN(C(C)C)C(C)C)c1. The second-order valence-corrected chi connectivity index (χ2v) is 7.67. The fraction of sp³-hybridized carbons (Fsp3) is 0.600. The summed E-state index contributed by atoms with van der Waals surface area (Å²) in [6.07, 6.45) is 0. The number of nitrogens with zero attached hydrogens (tertiary/aromatic N) is 1. The molecule has 0 aliphatic rings. The molecule has 0 saturated heterocycles. The molecule has 0 fully saturated rings. The van der Waals surface area contributed by atoms with Crippen LogP contribution < -0.4 is 10.5 Å². The van der Waals surface area contributed by atoms with E-state index in [2.05, 4.69) is 37.3 Å². The molecule has 3 N–H and O–H groups in total. The van der Waals surface area contributed by atoms with E-state index in [9.17, 15) is 8.42 Å². The molecule has 1 aromatic carbocycles. The Labute approximate surface area is 128 Å². The third-order valence-corrected chi connectivity index (χ3v) is 4.81. The van der Waals surface area contributed by atoms with E-state index in [0.29, 0.717) is 30.9 Å². The molecular formula is C15H27N3O2S. The lowest BCUT2D eigenvalue weighted by molar-refractivity contribution is 0.179. The molecule has 0 aliphatic heterocycles. The highest BCUT2D eigenvalue weighted by Crippen LogP contribution is 2.16. The topological polar surface area (TPSA) is 75.4 Å². The largest absolute Gasteiger partial charge is 0.399 e. The van der Waals surface area contributed by atoms with Gasteiger partial charge in [-0.2, -0.15) is 0 Å². The first-order valence-electron chi connectivity index (χ1n) is 7.26. The van der Waals surface area contributed by atoms with Crippen LogP contribution in [0, 0.1) is 6.92 Å². The number of sulfonamides is 1. The predicted molar refractivity (Wildman–Crippen MR) is 87.8 cm³/mol. The fourth-order valence-corrected chi connectivity index (χ4v) is 3.60. The summed E-state index contributed by atoms with van der Waals surface area (Å²) in [6, 6.07) is 5.62. The Bertz CT molecular complexity index is 540. The average Bonchev–Trinajstić information content (AvgIpc) is 2.32. The molecule has 1 rings (SSSR count). The van der Waals surface area contributed by atoms with E-state index in [-0.39, 0.29) is 4.90 Å². The van der Waals surface area contributed by atoms with Crippen molar-refractivity contribution in [3.63, 3.8) is 0 Å². The lowest BCUT2D eigenvalue weighted by atomic mass is 10.2. The minimum Gasteiger partial charge on any atom is -0.399 e. The first-order chi connectivity index (χ1) is 9.63. The second-order valence-electron chi connectivity index (χ2n) is 5.90. The number of benzene rings is 1. The van der Waals surface area contributed by atoms with Gasteiger partial charge in [-0.3, -0.25) is 4.90 Å². The minimum atomic E-state index is -3.51. The molecule has 0 bridgehead atoms. The maximum absolute atomic E-state index is 12.3. The Balaban J connectivity index is 2.73. The minimum absolute atomic E-state index is 0.223. The smallest absolute Gasteiger partial charge is 0.240 e. The van der Waals surface area contributed by atoms with E-state index >= 15 is 0 Å². The Kier molecular flexibility index (Phi) is 6.19. The number of aryl methyl sites for hydroxylation is 1. The first kappa shape index (κ1) is 17.9. The van der Waals surface area contributed by atoms with E-state index in [0.717, 1.165) is 5.56 Å². The highest BCUT2D eigenvalue weighted by atomic mass is 32.2. The maximum atomic E-state index is 12.3. The highest BCUT2D eigenvalue weighted by molar-refractivity contribution is 7.89. The summed E-state index contributed by atoms with van der Waals surface area (Å²) in [4.78, 5) is 2.47. The number of nitrogen functional groups attached to an aromatic ring is 1. The molecular weight excluding hydrogens is 286 g/mol. The number of rotatable bonds is 7. The summed E-state index contributed by atoms with van der Waals surface area (Å²) in [7, 11) is -3.51. The Morgan fingerprint density at radius 2 is 1.71 bits per heavy atom. The number of hydrogen-bond acceptors (Lipinski definition) is 4. The van der Waals surface area contributed by atoms with Gasteiger partial charge in [0.05, 0.1) is 4.90 Å². The van der Waals surface area contributed by atoms with Crippen molar-refractivity contribution in [2.45, 2.75) is 51.6 Å². The molecule has 0 saturated carbocycles. The van der Waals surface area contributed by atoms with Crippen LogP contribution in [0.25, 0.3) is 0 Å². The van der Waals surface area contributed by atoms with Crippen LogP contribution in [0.3, 0.4) is 0 Å². The van der Waals surface area contributed by atoms with Crippen molar-refractivity contribution in [1.82, 2.24) is 9.62 Å². The van der Waals surface area contributed by atoms with Crippen LogP contribution in [0.2, 0.25) is 0 Å². The zero-order valence-corrected chi connectivity index (χ0v) is 14.4. The monoisotopic (exact) mass is 313 g/mol. The summed E-state index contributed by atoms with van der Waals surface area (Å²) in [5, 5.41) is 0. The molecule has 0 spiro atoms. The van der Waals surface area contributed by atoms with Gasteiger partial charge in [-0.1, -0.05) is 0 Å². The summed E-state index contributed by atoms with van der Waals surface area (Å²) in [5.41, 5.74) is 7.01. The predicted octanol–water partition coefficient (Wildman–Crippen LogP) is 1.97. The zero-order valence-electron chi connectivity index (χ0n) is 13.6. The molecule has 21 heavy (non-hydrogen) atoms. The lowest BCUT2D eigenvalue weighted by Crippen LogP contribution is -2.42. The lowest BCUT2D eigenvalue weighted by Gasteiger charge is -2.30. The molecule has 120 valence electrons. The quantitative estimate of drug-likeness (QED) is 0.755. The highest BCUT2D eigenvalue weighted by Gasteiger charge is 2.17. The van der Waals surface area contributed by atoms with Gasteiger partial charge in [0.1, 0.15) is 0 Å². The Morgan fingerprint density at radius 1 is 1.14 bits per heavy atom. The van der Waals surface area contributed by atoms with E-state index < -0.39 is 10.0 Å². The van der Waals surface area contributed by atoms with Crippen LogP contribution in [0.4, 0.5) is 5.69 Å². The number of anilines is 1. The van der Waals surface area contributed by atoms with Gasteiger partial charge in [-0.05, 0) is 58.4 Å². The summed E-state index contributed by atoms with van der Waals surface area (Å²) in [6.45, 7) is 11.3. The van der Waals surface area contributed by atoms with Crippen molar-refractivity contribution in [1.29, 1.82) is 0 Å². The van der Waals surface area contributed by atoms with Crippen LogP contribution in [-0.4, -0.2) is 38.5 Å². The van der Waals surface area contributed by atoms with E-state index in [1.54, 1.807) is 12.1 Å². The standard InChI is InChI=1S/C15H27N3O2S/c1-11(2)18(12(3)4)7-6-17-21(19,20)15-9-13(5)8-14(16)10-15/h8-12,17H,6-7,16H2,1-5H3. The van der Waals surface area contributed by atoms with Gasteiger partial charge in [-0.25, -0.2) is 13.1 Å². The third-order valence-electron chi connectivity index (χ3n) is 3.37. The van der Waals surface area contributed by atoms with Gasteiger partial charge in [0, 0.05) is 30.9 Å². The molecule has 0 atom stereocenters. The summed E-state index contributed by atoms with van der Waals surface area (Å²) < 4.78 is 27.2. The van der Waals surface area contributed by atoms with Crippen molar-refractivity contribution in [2.75, 3.05) is 18.8 Å². The second kappa shape index (κ2) is 7.24. The molecule has 0 amide bonds. The molecule has 5 nitrogen and oxygen atoms in total. The zero-order chi connectivity index (χ0) is 16.2. The first-order valence-corrected chi connectivity index (χ1v) is 8.74. The van der Waals surface area contributed by atoms with Gasteiger partial charge in [0.15, 0.2) is 0 Å². The molecule has 0 aromatic heterocycles. The van der Waals surface area contributed by atoms with Crippen LogP contribution in [0.5, 0.6) is 0 Å². The van der Waals surface area contributed by atoms with Crippen molar-refractivity contribution < 1.29 is 8.42 Å². The van der Waals surface area contributed by atoms with Gasteiger partial charge in [0.2, 0.25) is 10.0 Å². The van der Waals surface area contributed by atoms with Crippen LogP contribution in [0.15, 0.2) is 23.1 Å². The van der Waals surface area contributed by atoms with Crippen LogP contribution in [-0.2, 0) is 10.0 Å². The molecule has 0 heterocycles.